The van der Waals surface area contributed by atoms with Gasteiger partial charge in [0.15, 0.2) is 0 Å². The van der Waals surface area contributed by atoms with Crippen molar-refractivity contribution >= 4 is 10.0 Å². The smallest absolute Gasteiger partial charge is 0.238 e. The van der Waals surface area contributed by atoms with Gasteiger partial charge in [-0.3, -0.25) is 0 Å². The van der Waals surface area contributed by atoms with E-state index in [4.69, 9.17) is 11.6 Å². The molecular formula is C13H18N2O2S. The summed E-state index contributed by atoms with van der Waals surface area (Å²) in [6.07, 6.45) is 5.89. The molecule has 1 rings (SSSR count). The maximum absolute atomic E-state index is 11.1. The van der Waals surface area contributed by atoms with E-state index in [1.807, 2.05) is 13.8 Å². The first-order valence-electron chi connectivity index (χ1n) is 5.67. The molecule has 18 heavy (non-hydrogen) atoms. The van der Waals surface area contributed by atoms with Crippen LogP contribution in [-0.2, 0) is 10.0 Å². The third-order valence-electron chi connectivity index (χ3n) is 2.67. The normalized spacial score (nSPS) is 14.8. The Bertz CT molecular complexity index is 529. The van der Waals surface area contributed by atoms with Gasteiger partial charge in [-0.15, -0.1) is 12.3 Å². The molecule has 5 heteroatoms. The van der Waals surface area contributed by atoms with Crippen LogP contribution < -0.4 is 10.5 Å². The van der Waals surface area contributed by atoms with E-state index in [-0.39, 0.29) is 17.0 Å². The van der Waals surface area contributed by atoms with Crippen LogP contribution in [0.15, 0.2) is 29.2 Å². The SMILES string of the molecule is C#CCC(C)NC(C)c1ccc(S(N)(=O)=O)cc1. The molecule has 0 fully saturated rings. The van der Waals surface area contributed by atoms with Crippen LogP contribution in [0, 0.1) is 12.3 Å². The number of benzene rings is 1. The molecule has 0 aliphatic rings. The predicted octanol–water partition coefficient (Wildman–Crippen LogP) is 1.40. The van der Waals surface area contributed by atoms with Gasteiger partial charge in [-0.1, -0.05) is 12.1 Å². The number of primary sulfonamides is 1. The number of nitrogens with two attached hydrogens (primary N) is 1. The second-order valence-corrected chi connectivity index (χ2v) is 5.87. The Hall–Kier alpha value is -1.35. The van der Waals surface area contributed by atoms with Crippen molar-refractivity contribution in [1.29, 1.82) is 0 Å². The molecule has 0 radical (unpaired) electrons. The van der Waals surface area contributed by atoms with Crippen molar-refractivity contribution in [2.45, 2.75) is 37.2 Å². The van der Waals surface area contributed by atoms with Gasteiger partial charge in [-0.05, 0) is 31.5 Å². The summed E-state index contributed by atoms with van der Waals surface area (Å²) in [6.45, 7) is 4.01. The first-order chi connectivity index (χ1) is 8.34. The highest BCUT2D eigenvalue weighted by Crippen LogP contribution is 2.16. The van der Waals surface area contributed by atoms with E-state index in [0.29, 0.717) is 6.42 Å². The Balaban J connectivity index is 2.77. The lowest BCUT2D eigenvalue weighted by atomic mass is 10.1. The van der Waals surface area contributed by atoms with E-state index in [2.05, 4.69) is 11.2 Å². The zero-order valence-corrected chi connectivity index (χ0v) is 11.4. The second kappa shape index (κ2) is 6.01. The van der Waals surface area contributed by atoms with Crippen molar-refractivity contribution in [1.82, 2.24) is 5.32 Å². The van der Waals surface area contributed by atoms with Crippen LogP contribution in [0.2, 0.25) is 0 Å². The van der Waals surface area contributed by atoms with Gasteiger partial charge >= 0.3 is 0 Å². The van der Waals surface area contributed by atoms with Gasteiger partial charge in [0, 0.05) is 18.5 Å². The van der Waals surface area contributed by atoms with E-state index >= 15 is 0 Å². The van der Waals surface area contributed by atoms with Gasteiger partial charge in [0.25, 0.3) is 0 Å². The van der Waals surface area contributed by atoms with Crippen molar-refractivity contribution in [3.05, 3.63) is 29.8 Å². The molecule has 4 nitrogen and oxygen atoms in total. The number of hydrogen-bond acceptors (Lipinski definition) is 3. The zero-order valence-electron chi connectivity index (χ0n) is 10.6. The molecule has 0 amide bonds. The highest BCUT2D eigenvalue weighted by atomic mass is 32.2. The van der Waals surface area contributed by atoms with Crippen LogP contribution in [0.25, 0.3) is 0 Å². The lowest BCUT2D eigenvalue weighted by Crippen LogP contribution is -2.28. The summed E-state index contributed by atoms with van der Waals surface area (Å²) in [4.78, 5) is 0.120. The third-order valence-corrected chi connectivity index (χ3v) is 3.60. The van der Waals surface area contributed by atoms with Crippen molar-refractivity contribution < 1.29 is 8.42 Å². The summed E-state index contributed by atoms with van der Waals surface area (Å²) in [5.41, 5.74) is 0.992. The second-order valence-electron chi connectivity index (χ2n) is 4.31. The van der Waals surface area contributed by atoms with Gasteiger partial charge in [0.1, 0.15) is 0 Å². The average Bonchev–Trinajstić information content (AvgIpc) is 2.28. The molecule has 0 aliphatic heterocycles. The molecule has 3 N–H and O–H groups in total. The maximum atomic E-state index is 11.1. The van der Waals surface area contributed by atoms with Crippen molar-refractivity contribution in [2.24, 2.45) is 5.14 Å². The molecule has 0 bridgehead atoms. The standard InChI is InChI=1S/C13H18N2O2S/c1-4-5-10(2)15-11(3)12-6-8-13(9-7-12)18(14,16)17/h1,6-11,15H,5H2,2-3H3,(H2,14,16,17). The van der Waals surface area contributed by atoms with Gasteiger partial charge in [-0.2, -0.15) is 0 Å². The van der Waals surface area contributed by atoms with Crippen molar-refractivity contribution in [2.75, 3.05) is 0 Å². The third kappa shape index (κ3) is 4.15. The summed E-state index contributed by atoms with van der Waals surface area (Å²) >= 11 is 0. The van der Waals surface area contributed by atoms with Crippen LogP contribution in [-0.4, -0.2) is 14.5 Å². The minimum Gasteiger partial charge on any atom is -0.307 e. The van der Waals surface area contributed by atoms with Crippen LogP contribution in [0.4, 0.5) is 0 Å². The fourth-order valence-corrected chi connectivity index (χ4v) is 2.22. The summed E-state index contributed by atoms with van der Waals surface area (Å²) < 4.78 is 22.2. The number of sulfonamides is 1. The Morgan fingerprint density at radius 2 is 1.89 bits per heavy atom. The number of nitrogens with one attached hydrogen (secondary N) is 1. The zero-order chi connectivity index (χ0) is 13.8. The summed E-state index contributed by atoms with van der Waals surface area (Å²) in [6, 6.07) is 6.83. The van der Waals surface area contributed by atoms with Crippen LogP contribution >= 0.6 is 0 Å². The molecule has 0 spiro atoms. The first kappa shape index (κ1) is 14.7. The molecule has 2 atom stereocenters. The molecule has 0 saturated heterocycles. The highest BCUT2D eigenvalue weighted by molar-refractivity contribution is 7.89. The Kier molecular flexibility index (Phi) is 4.91. The van der Waals surface area contributed by atoms with E-state index in [1.165, 1.54) is 12.1 Å². The first-order valence-corrected chi connectivity index (χ1v) is 7.21. The topological polar surface area (TPSA) is 72.2 Å². The number of terminal acetylenes is 1. The monoisotopic (exact) mass is 266 g/mol. The molecule has 0 aromatic heterocycles. The predicted molar refractivity (Wildman–Crippen MR) is 72.3 cm³/mol. The summed E-state index contributed by atoms with van der Waals surface area (Å²) in [5.74, 6) is 2.59. The molecule has 1 aromatic carbocycles. The van der Waals surface area contributed by atoms with Crippen LogP contribution in [0.1, 0.15) is 31.9 Å². The molecule has 2 unspecified atom stereocenters. The number of rotatable bonds is 5. The van der Waals surface area contributed by atoms with Gasteiger partial charge in [-0.25, -0.2) is 13.6 Å². The Labute approximate surface area is 109 Å². The minimum absolute atomic E-state index is 0.0999. The molecular weight excluding hydrogens is 248 g/mol. The maximum Gasteiger partial charge on any atom is 0.238 e. The molecule has 98 valence electrons. The quantitative estimate of drug-likeness (QED) is 0.791. The van der Waals surface area contributed by atoms with Crippen molar-refractivity contribution in [3.63, 3.8) is 0 Å². The Morgan fingerprint density at radius 1 is 1.33 bits per heavy atom. The molecule has 0 saturated carbocycles. The number of hydrogen-bond donors (Lipinski definition) is 2. The average molecular weight is 266 g/mol. The Morgan fingerprint density at radius 3 is 2.33 bits per heavy atom. The summed E-state index contributed by atoms with van der Waals surface area (Å²) in [7, 11) is -3.62. The molecule has 0 heterocycles. The van der Waals surface area contributed by atoms with E-state index < -0.39 is 10.0 Å². The van der Waals surface area contributed by atoms with Crippen LogP contribution in [0.3, 0.4) is 0 Å². The molecule has 1 aromatic rings. The minimum atomic E-state index is -3.62. The fraction of sp³-hybridized carbons (Fsp3) is 0.385. The highest BCUT2D eigenvalue weighted by Gasteiger charge is 2.11. The van der Waals surface area contributed by atoms with Gasteiger partial charge in [0.05, 0.1) is 4.90 Å². The molecule has 0 aliphatic carbocycles. The van der Waals surface area contributed by atoms with Gasteiger partial charge in [0.2, 0.25) is 10.0 Å². The van der Waals surface area contributed by atoms with Crippen LogP contribution in [0.5, 0.6) is 0 Å². The van der Waals surface area contributed by atoms with E-state index in [1.54, 1.807) is 12.1 Å². The van der Waals surface area contributed by atoms with E-state index in [0.717, 1.165) is 5.56 Å². The van der Waals surface area contributed by atoms with E-state index in [9.17, 15) is 8.42 Å². The lowest BCUT2D eigenvalue weighted by Gasteiger charge is -2.19. The van der Waals surface area contributed by atoms with Gasteiger partial charge < -0.3 is 5.32 Å². The van der Waals surface area contributed by atoms with Crippen molar-refractivity contribution in [3.8, 4) is 12.3 Å². The largest absolute Gasteiger partial charge is 0.307 e. The summed E-state index contributed by atoms with van der Waals surface area (Å²) in [5, 5.41) is 8.37. The fourth-order valence-electron chi connectivity index (χ4n) is 1.70. The lowest BCUT2D eigenvalue weighted by molar-refractivity contribution is 0.486.